The van der Waals surface area contributed by atoms with Gasteiger partial charge in [-0.3, -0.25) is 14.4 Å². The Hall–Kier alpha value is -4.71. The van der Waals surface area contributed by atoms with Crippen molar-refractivity contribution >= 4 is 17.9 Å². The maximum atomic E-state index is 12.7. The van der Waals surface area contributed by atoms with Crippen molar-refractivity contribution < 1.29 is 28.6 Å². The van der Waals surface area contributed by atoms with Gasteiger partial charge in [-0.2, -0.15) is 0 Å². The number of hydrogen-bond acceptors (Lipinski definition) is 6. The molecule has 0 aliphatic carbocycles. The summed E-state index contributed by atoms with van der Waals surface area (Å²) in [5.74, 6) is -1.08. The molecular weight excluding hydrogens is 757 g/mol. The van der Waals surface area contributed by atoms with Gasteiger partial charge in [-0.25, -0.2) is 0 Å². The maximum absolute atomic E-state index is 12.7. The Balaban J connectivity index is 4.62. The molecule has 0 aromatic heterocycles. The normalized spacial score (nSPS) is 13.4. The lowest BCUT2D eigenvalue weighted by Crippen LogP contribution is -2.30. The second-order valence-electron chi connectivity index (χ2n) is 14.6. The second kappa shape index (κ2) is 48.0. The third kappa shape index (κ3) is 46.2. The molecule has 0 aromatic carbocycles. The number of carbonyl (C=O) groups excluding carboxylic acids is 3. The zero-order chi connectivity index (χ0) is 44.4. The monoisotopic (exact) mass is 839 g/mol. The van der Waals surface area contributed by atoms with Crippen LogP contribution >= 0.6 is 0 Å². The Bertz CT molecular complexity index is 1430. The number of allylic oxidation sites excluding steroid dienone is 24. The Morgan fingerprint density at radius 3 is 1.16 bits per heavy atom. The standard InChI is InChI=1S/C55H82O6/c1-4-7-10-13-16-19-22-25-27-28-31-33-36-39-42-45-48-54(57)60-51-52(50-59-53(56)47-44-41-38-35-32-29-24-21-18-15-12-9-6-3)61-55(58)49-46-43-40-37-34-30-26-23-20-17-14-11-8-5-2/h7-12,15-21,24-27,29-33,35,38,52H,4-6,13-14,22-23,28,34,36-37,39-51H2,1-3H3/b10-7+,11-8+,12-9+,18-15+,19-16+,20-17+,24-21+,27-25+,30-26+,32-29+,33-31+,38-35+. The molecule has 1 atom stereocenters. The van der Waals surface area contributed by atoms with E-state index < -0.39 is 6.10 Å². The Labute approximate surface area is 372 Å². The smallest absolute Gasteiger partial charge is 0.306 e. The molecule has 0 fully saturated rings. The van der Waals surface area contributed by atoms with Crippen LogP contribution in [0.15, 0.2) is 146 Å². The molecule has 0 aliphatic rings. The lowest BCUT2D eigenvalue weighted by Gasteiger charge is -2.18. The van der Waals surface area contributed by atoms with Gasteiger partial charge in [0, 0.05) is 19.3 Å². The third-order valence-corrected chi connectivity index (χ3v) is 8.95. The Kier molecular flexibility index (Phi) is 44.3. The van der Waals surface area contributed by atoms with Gasteiger partial charge < -0.3 is 14.2 Å². The predicted molar refractivity (Wildman–Crippen MR) is 260 cm³/mol. The number of carbonyl (C=O) groups is 3. The van der Waals surface area contributed by atoms with E-state index in [0.29, 0.717) is 12.8 Å². The van der Waals surface area contributed by atoms with Gasteiger partial charge in [-0.15, -0.1) is 0 Å². The molecule has 0 N–H and O–H groups in total. The maximum Gasteiger partial charge on any atom is 0.306 e. The fourth-order valence-electron chi connectivity index (χ4n) is 5.53. The largest absolute Gasteiger partial charge is 0.462 e. The molecular formula is C55H82O6. The van der Waals surface area contributed by atoms with Crippen LogP contribution in [-0.4, -0.2) is 37.2 Å². The lowest BCUT2D eigenvalue weighted by atomic mass is 10.1. The van der Waals surface area contributed by atoms with E-state index in [0.717, 1.165) is 116 Å². The first-order valence-electron chi connectivity index (χ1n) is 23.4. The summed E-state index contributed by atoms with van der Waals surface area (Å²) in [5.41, 5.74) is 0. The van der Waals surface area contributed by atoms with E-state index in [4.69, 9.17) is 14.2 Å². The van der Waals surface area contributed by atoms with Crippen LogP contribution in [0.25, 0.3) is 0 Å². The van der Waals surface area contributed by atoms with Crippen LogP contribution < -0.4 is 0 Å². The average Bonchev–Trinajstić information content (AvgIpc) is 3.26. The highest BCUT2D eigenvalue weighted by molar-refractivity contribution is 5.71. The fraction of sp³-hybridized carbons (Fsp3) is 0.509. The van der Waals surface area contributed by atoms with Crippen LogP contribution in [0.4, 0.5) is 0 Å². The van der Waals surface area contributed by atoms with Crippen molar-refractivity contribution in [3.63, 3.8) is 0 Å². The summed E-state index contributed by atoms with van der Waals surface area (Å²) in [7, 11) is 0. The van der Waals surface area contributed by atoms with Gasteiger partial charge in [0.25, 0.3) is 0 Å². The van der Waals surface area contributed by atoms with Crippen LogP contribution in [-0.2, 0) is 28.6 Å². The zero-order valence-corrected chi connectivity index (χ0v) is 38.4. The molecule has 0 radical (unpaired) electrons. The molecule has 0 amide bonds. The van der Waals surface area contributed by atoms with Gasteiger partial charge in [0.15, 0.2) is 6.10 Å². The minimum Gasteiger partial charge on any atom is -0.462 e. The summed E-state index contributed by atoms with van der Waals surface area (Å²) in [6.45, 7) is 6.11. The fourth-order valence-corrected chi connectivity index (χ4v) is 5.53. The molecule has 338 valence electrons. The lowest BCUT2D eigenvalue weighted by molar-refractivity contribution is -0.167. The second-order valence-corrected chi connectivity index (χ2v) is 14.6. The van der Waals surface area contributed by atoms with Crippen LogP contribution in [0.2, 0.25) is 0 Å². The number of ether oxygens (including phenoxy) is 3. The van der Waals surface area contributed by atoms with Crippen molar-refractivity contribution in [2.75, 3.05) is 13.2 Å². The first-order valence-corrected chi connectivity index (χ1v) is 23.4. The molecule has 0 aliphatic heterocycles. The molecule has 1 unspecified atom stereocenters. The Morgan fingerprint density at radius 1 is 0.344 bits per heavy atom. The van der Waals surface area contributed by atoms with Crippen molar-refractivity contribution in [3.8, 4) is 0 Å². The topological polar surface area (TPSA) is 78.9 Å². The quantitative estimate of drug-likeness (QED) is 0.0202. The molecule has 0 bridgehead atoms. The number of unbranched alkanes of at least 4 members (excludes halogenated alkanes) is 8. The Morgan fingerprint density at radius 2 is 0.689 bits per heavy atom. The van der Waals surface area contributed by atoms with Crippen LogP contribution in [0.5, 0.6) is 0 Å². The predicted octanol–water partition coefficient (Wildman–Crippen LogP) is 15.3. The molecule has 0 saturated heterocycles. The molecule has 0 aromatic rings. The first-order chi connectivity index (χ1) is 30.0. The van der Waals surface area contributed by atoms with E-state index in [2.05, 4.69) is 112 Å². The molecule has 0 heterocycles. The highest BCUT2D eigenvalue weighted by Gasteiger charge is 2.19. The van der Waals surface area contributed by atoms with Crippen LogP contribution in [0.1, 0.15) is 162 Å². The van der Waals surface area contributed by atoms with Gasteiger partial charge in [0.2, 0.25) is 0 Å². The van der Waals surface area contributed by atoms with E-state index >= 15 is 0 Å². The van der Waals surface area contributed by atoms with E-state index in [1.165, 1.54) is 0 Å². The molecule has 61 heavy (non-hydrogen) atoms. The van der Waals surface area contributed by atoms with Crippen LogP contribution in [0.3, 0.4) is 0 Å². The van der Waals surface area contributed by atoms with Gasteiger partial charge >= 0.3 is 17.9 Å². The molecule has 0 spiro atoms. The van der Waals surface area contributed by atoms with Crippen molar-refractivity contribution in [2.24, 2.45) is 0 Å². The summed E-state index contributed by atoms with van der Waals surface area (Å²) in [6.07, 6.45) is 68.4. The molecule has 0 saturated carbocycles. The van der Waals surface area contributed by atoms with E-state index in [9.17, 15) is 14.4 Å². The summed E-state index contributed by atoms with van der Waals surface area (Å²) >= 11 is 0. The minimum atomic E-state index is -0.837. The van der Waals surface area contributed by atoms with Crippen molar-refractivity contribution in [1.29, 1.82) is 0 Å². The molecule has 6 heteroatoms. The average molecular weight is 839 g/mol. The summed E-state index contributed by atoms with van der Waals surface area (Å²) in [6, 6.07) is 0. The molecule has 0 rings (SSSR count). The van der Waals surface area contributed by atoms with Gasteiger partial charge in [-0.1, -0.05) is 186 Å². The van der Waals surface area contributed by atoms with E-state index in [1.807, 2.05) is 54.7 Å². The van der Waals surface area contributed by atoms with Crippen molar-refractivity contribution in [3.05, 3.63) is 146 Å². The summed E-state index contributed by atoms with van der Waals surface area (Å²) in [5, 5.41) is 0. The SMILES string of the molecule is CC/C=C/C=C/C=C/C=C/C=C/CCCC(=O)OCC(COC(=O)CCCCC/C=C/C/C=C/C/C=C/C/C=C/CC)OC(=O)CCCCCC/C=C/C/C=C/C/C=C/CC. The minimum absolute atomic E-state index is 0.133. The summed E-state index contributed by atoms with van der Waals surface area (Å²) in [4.78, 5) is 37.8. The van der Waals surface area contributed by atoms with Crippen LogP contribution in [0, 0.1) is 0 Å². The van der Waals surface area contributed by atoms with Gasteiger partial charge in [-0.05, 0) is 103 Å². The number of esters is 3. The zero-order valence-electron chi connectivity index (χ0n) is 38.4. The highest BCUT2D eigenvalue weighted by atomic mass is 16.6. The highest BCUT2D eigenvalue weighted by Crippen LogP contribution is 2.11. The number of rotatable bonds is 39. The third-order valence-electron chi connectivity index (χ3n) is 8.95. The van der Waals surface area contributed by atoms with E-state index in [1.54, 1.807) is 0 Å². The molecule has 6 nitrogen and oxygen atoms in total. The van der Waals surface area contributed by atoms with E-state index in [-0.39, 0.29) is 44.0 Å². The van der Waals surface area contributed by atoms with Crippen molar-refractivity contribution in [1.82, 2.24) is 0 Å². The van der Waals surface area contributed by atoms with Gasteiger partial charge in [0.05, 0.1) is 0 Å². The summed E-state index contributed by atoms with van der Waals surface area (Å²) < 4.78 is 16.6. The van der Waals surface area contributed by atoms with Crippen molar-refractivity contribution in [2.45, 2.75) is 168 Å². The van der Waals surface area contributed by atoms with Gasteiger partial charge in [0.1, 0.15) is 13.2 Å². The number of hydrogen-bond donors (Lipinski definition) is 0. The first kappa shape index (κ1) is 56.3.